The number of carbonyl (C=O) groups is 1. The van der Waals surface area contributed by atoms with Crippen molar-refractivity contribution in [3.63, 3.8) is 0 Å². The van der Waals surface area contributed by atoms with Crippen molar-refractivity contribution >= 4 is 5.97 Å². The van der Waals surface area contributed by atoms with Crippen molar-refractivity contribution in [3.05, 3.63) is 46.9 Å². The van der Waals surface area contributed by atoms with Gasteiger partial charge in [0.2, 0.25) is 5.75 Å². The molecule has 31 heavy (non-hydrogen) atoms. The summed E-state index contributed by atoms with van der Waals surface area (Å²) >= 11 is 0. The van der Waals surface area contributed by atoms with Crippen LogP contribution in [0.2, 0.25) is 0 Å². The van der Waals surface area contributed by atoms with Crippen molar-refractivity contribution in [3.8, 4) is 11.6 Å². The SMILES string of the molecule is CCCCOc1c(O)nc(CC2(c3ccc(C(F)(F)F)cc3)CCCC2)nc1C(=O)O. The molecule has 0 radical (unpaired) electrons. The fraction of sp³-hybridized carbons (Fsp3) is 0.500. The lowest BCUT2D eigenvalue weighted by atomic mass is 9.75. The number of aromatic carboxylic acids is 1. The molecule has 0 unspecified atom stereocenters. The van der Waals surface area contributed by atoms with Crippen LogP contribution in [-0.4, -0.2) is 32.8 Å². The Balaban J connectivity index is 1.93. The van der Waals surface area contributed by atoms with Crippen LogP contribution in [0, 0.1) is 0 Å². The lowest BCUT2D eigenvalue weighted by Crippen LogP contribution is -2.27. The zero-order valence-corrected chi connectivity index (χ0v) is 17.2. The summed E-state index contributed by atoms with van der Waals surface area (Å²) < 4.78 is 44.2. The molecule has 0 aliphatic heterocycles. The molecule has 1 aliphatic carbocycles. The summed E-state index contributed by atoms with van der Waals surface area (Å²) in [4.78, 5) is 19.9. The number of halogens is 3. The van der Waals surface area contributed by atoms with E-state index in [9.17, 15) is 28.2 Å². The van der Waals surface area contributed by atoms with Gasteiger partial charge in [0.1, 0.15) is 5.82 Å². The van der Waals surface area contributed by atoms with Crippen molar-refractivity contribution < 1.29 is 32.9 Å². The van der Waals surface area contributed by atoms with Crippen LogP contribution in [0.4, 0.5) is 13.2 Å². The van der Waals surface area contributed by atoms with Crippen molar-refractivity contribution in [2.45, 2.75) is 63.5 Å². The molecule has 0 spiro atoms. The van der Waals surface area contributed by atoms with Crippen molar-refractivity contribution in [1.29, 1.82) is 0 Å². The minimum Gasteiger partial charge on any atom is -0.491 e. The largest absolute Gasteiger partial charge is 0.491 e. The number of nitrogens with zero attached hydrogens (tertiary/aromatic N) is 2. The first-order valence-electron chi connectivity index (χ1n) is 10.3. The second kappa shape index (κ2) is 9.11. The molecule has 0 amide bonds. The van der Waals surface area contributed by atoms with E-state index in [0.29, 0.717) is 19.3 Å². The van der Waals surface area contributed by atoms with Crippen molar-refractivity contribution in [2.24, 2.45) is 0 Å². The molecule has 6 nitrogen and oxygen atoms in total. The maximum atomic E-state index is 12.9. The van der Waals surface area contributed by atoms with Crippen LogP contribution < -0.4 is 4.74 Å². The van der Waals surface area contributed by atoms with Crippen LogP contribution in [0.5, 0.6) is 11.6 Å². The van der Waals surface area contributed by atoms with Gasteiger partial charge >= 0.3 is 12.1 Å². The van der Waals surface area contributed by atoms with E-state index in [0.717, 1.165) is 37.0 Å². The molecule has 1 saturated carbocycles. The molecule has 3 rings (SSSR count). The molecule has 1 fully saturated rings. The Labute approximate surface area is 178 Å². The number of aromatic nitrogens is 2. The second-order valence-electron chi connectivity index (χ2n) is 7.89. The summed E-state index contributed by atoms with van der Waals surface area (Å²) in [5.74, 6) is -2.03. The van der Waals surface area contributed by atoms with Crippen LogP contribution in [0.1, 0.15) is 72.9 Å². The first-order chi connectivity index (χ1) is 14.7. The Morgan fingerprint density at radius 1 is 1.16 bits per heavy atom. The summed E-state index contributed by atoms with van der Waals surface area (Å²) in [5.41, 5.74) is -0.933. The average molecular weight is 438 g/mol. The monoisotopic (exact) mass is 438 g/mol. The molecular formula is C22H25F3N2O4. The highest BCUT2D eigenvalue weighted by atomic mass is 19.4. The molecule has 0 bridgehead atoms. The van der Waals surface area contributed by atoms with E-state index in [1.165, 1.54) is 12.1 Å². The fourth-order valence-electron chi connectivity index (χ4n) is 4.09. The first-order valence-corrected chi connectivity index (χ1v) is 10.3. The van der Waals surface area contributed by atoms with Gasteiger partial charge in [-0.1, -0.05) is 38.3 Å². The molecule has 1 aromatic heterocycles. The van der Waals surface area contributed by atoms with Gasteiger partial charge in [-0.05, 0) is 37.0 Å². The maximum absolute atomic E-state index is 12.9. The van der Waals surface area contributed by atoms with E-state index in [1.807, 2.05) is 6.92 Å². The number of hydrogen-bond acceptors (Lipinski definition) is 5. The molecule has 1 aliphatic rings. The molecular weight excluding hydrogens is 413 g/mol. The normalized spacial score (nSPS) is 15.7. The highest BCUT2D eigenvalue weighted by molar-refractivity contribution is 5.89. The number of rotatable bonds is 8. The fourth-order valence-corrected chi connectivity index (χ4v) is 4.09. The third kappa shape index (κ3) is 5.08. The smallest absolute Gasteiger partial charge is 0.416 e. The summed E-state index contributed by atoms with van der Waals surface area (Å²) in [6, 6.07) is 5.05. The Morgan fingerprint density at radius 3 is 2.35 bits per heavy atom. The van der Waals surface area contributed by atoms with Crippen LogP contribution in [-0.2, 0) is 18.0 Å². The summed E-state index contributed by atoms with van der Waals surface area (Å²) in [6.45, 7) is 2.17. The average Bonchev–Trinajstić information content (AvgIpc) is 3.18. The standard InChI is InChI=1S/C22H25F3N2O4/c1-2-3-12-31-18-17(20(29)30)26-16(27-19(18)28)13-21(10-4-5-11-21)14-6-8-15(9-7-14)22(23,24)25/h6-9H,2-5,10-13H2,1H3,(H,29,30)(H,26,27,28). The van der Waals surface area contributed by atoms with Crippen LogP contribution in [0.3, 0.4) is 0 Å². The van der Waals surface area contributed by atoms with Crippen LogP contribution in [0.25, 0.3) is 0 Å². The number of unbranched alkanes of at least 4 members (excludes halogenated alkanes) is 1. The Kier molecular flexibility index (Phi) is 6.71. The highest BCUT2D eigenvalue weighted by Gasteiger charge is 2.38. The first kappa shape index (κ1) is 22.8. The van der Waals surface area contributed by atoms with Crippen molar-refractivity contribution in [1.82, 2.24) is 9.97 Å². The van der Waals surface area contributed by atoms with E-state index in [1.54, 1.807) is 0 Å². The molecule has 9 heteroatoms. The van der Waals surface area contributed by atoms with Gasteiger partial charge in [0.15, 0.2) is 5.69 Å². The van der Waals surface area contributed by atoms with Gasteiger partial charge in [-0.15, -0.1) is 0 Å². The number of aromatic hydroxyl groups is 1. The quantitative estimate of drug-likeness (QED) is 0.555. The summed E-state index contributed by atoms with van der Waals surface area (Å²) in [5, 5.41) is 19.8. The molecule has 2 aromatic rings. The predicted molar refractivity (Wildman–Crippen MR) is 106 cm³/mol. The van der Waals surface area contributed by atoms with Gasteiger partial charge in [0.05, 0.1) is 12.2 Å². The van der Waals surface area contributed by atoms with Crippen molar-refractivity contribution in [2.75, 3.05) is 6.61 Å². The molecule has 2 N–H and O–H groups in total. The number of ether oxygens (including phenoxy) is 1. The van der Waals surface area contributed by atoms with Gasteiger partial charge in [-0.25, -0.2) is 9.78 Å². The Bertz CT molecular complexity index is 924. The topological polar surface area (TPSA) is 92.5 Å². The maximum Gasteiger partial charge on any atom is 0.416 e. The third-order valence-corrected chi connectivity index (χ3v) is 5.72. The molecule has 1 heterocycles. The summed E-state index contributed by atoms with van der Waals surface area (Å²) in [7, 11) is 0. The zero-order chi connectivity index (χ0) is 22.6. The van der Waals surface area contributed by atoms with Gasteiger partial charge in [-0.2, -0.15) is 18.2 Å². The van der Waals surface area contributed by atoms with E-state index in [2.05, 4.69) is 9.97 Å². The van der Waals surface area contributed by atoms with Gasteiger partial charge in [0.25, 0.3) is 5.88 Å². The minimum absolute atomic E-state index is 0.125. The van der Waals surface area contributed by atoms with Gasteiger partial charge < -0.3 is 14.9 Å². The summed E-state index contributed by atoms with van der Waals surface area (Å²) in [6.07, 6.45) is 0.490. The van der Waals surface area contributed by atoms with E-state index >= 15 is 0 Å². The minimum atomic E-state index is -4.42. The molecule has 168 valence electrons. The number of alkyl halides is 3. The zero-order valence-electron chi connectivity index (χ0n) is 17.2. The molecule has 0 saturated heterocycles. The number of benzene rings is 1. The predicted octanol–water partition coefficient (Wildman–Crippen LogP) is 5.13. The van der Waals surface area contributed by atoms with Crippen LogP contribution in [0.15, 0.2) is 24.3 Å². The highest BCUT2D eigenvalue weighted by Crippen LogP contribution is 2.44. The number of carboxylic acids is 1. The Hall–Kier alpha value is -2.84. The molecule has 0 atom stereocenters. The molecule has 1 aromatic carbocycles. The van der Waals surface area contributed by atoms with E-state index in [-0.39, 0.29) is 24.6 Å². The van der Waals surface area contributed by atoms with Gasteiger partial charge in [0, 0.05) is 11.8 Å². The van der Waals surface area contributed by atoms with E-state index in [4.69, 9.17) is 4.74 Å². The number of carboxylic acid groups (broad SMARTS) is 1. The number of hydrogen-bond donors (Lipinski definition) is 2. The second-order valence-corrected chi connectivity index (χ2v) is 7.89. The third-order valence-electron chi connectivity index (χ3n) is 5.72. The lowest BCUT2D eigenvalue weighted by Gasteiger charge is -2.29. The lowest BCUT2D eigenvalue weighted by molar-refractivity contribution is -0.137. The van der Waals surface area contributed by atoms with Gasteiger partial charge in [-0.3, -0.25) is 0 Å². The van der Waals surface area contributed by atoms with Crippen LogP contribution >= 0.6 is 0 Å². The van der Waals surface area contributed by atoms with E-state index < -0.39 is 34.7 Å². The Morgan fingerprint density at radius 2 is 1.81 bits per heavy atom.